The Morgan fingerprint density at radius 3 is 2.58 bits per heavy atom. The van der Waals surface area contributed by atoms with E-state index in [-0.39, 0.29) is 5.91 Å². The van der Waals surface area contributed by atoms with Crippen LogP contribution in [-0.2, 0) is 4.79 Å². The van der Waals surface area contributed by atoms with E-state index < -0.39 is 0 Å². The number of anilines is 2. The monoisotopic (exact) mass is 388 g/mol. The minimum Gasteiger partial charge on any atom is -0.367 e. The first-order chi connectivity index (χ1) is 11.7. The molecule has 0 radical (unpaired) electrons. The van der Waals surface area contributed by atoms with Crippen molar-refractivity contribution in [3.63, 3.8) is 0 Å². The number of piperazine rings is 1. The number of pyridine rings is 1. The second-order valence-corrected chi connectivity index (χ2v) is 6.41. The van der Waals surface area contributed by atoms with Gasteiger partial charge >= 0.3 is 0 Å². The summed E-state index contributed by atoms with van der Waals surface area (Å²) in [4.78, 5) is 31.2. The summed E-state index contributed by atoms with van der Waals surface area (Å²) in [6, 6.07) is 11.0. The number of amides is 2. The fourth-order valence-corrected chi connectivity index (χ4v) is 2.95. The number of hydrogen-bond donors (Lipinski definition) is 1. The molecule has 1 aromatic heterocycles. The molecule has 24 heavy (non-hydrogen) atoms. The van der Waals surface area contributed by atoms with E-state index >= 15 is 0 Å². The second kappa shape index (κ2) is 7.44. The predicted octanol–water partition coefficient (Wildman–Crippen LogP) is 2.37. The Kier molecular flexibility index (Phi) is 5.10. The lowest BCUT2D eigenvalue weighted by molar-refractivity contribution is -0.118. The number of hydrogen-bond acceptors (Lipinski definition) is 4. The maximum absolute atomic E-state index is 12.2. The number of benzene rings is 1. The van der Waals surface area contributed by atoms with Gasteiger partial charge in [0, 0.05) is 36.3 Å². The zero-order valence-corrected chi connectivity index (χ0v) is 14.6. The Morgan fingerprint density at radius 2 is 1.96 bits per heavy atom. The summed E-state index contributed by atoms with van der Waals surface area (Å²) in [6.07, 6.45) is 2.58. The molecule has 1 aliphatic rings. The number of nitrogens with one attached hydrogen (secondary N) is 1. The molecule has 1 saturated heterocycles. The van der Waals surface area contributed by atoms with Gasteiger partial charge in [-0.2, -0.15) is 0 Å². The van der Waals surface area contributed by atoms with E-state index in [0.29, 0.717) is 24.5 Å². The topological polar surface area (TPSA) is 65.5 Å². The second-order valence-electron chi connectivity index (χ2n) is 5.49. The summed E-state index contributed by atoms with van der Waals surface area (Å²) in [5, 5.41) is 2.82. The van der Waals surface area contributed by atoms with Crippen LogP contribution < -0.4 is 10.2 Å². The molecule has 0 spiro atoms. The van der Waals surface area contributed by atoms with Gasteiger partial charge in [0.15, 0.2) is 0 Å². The molecule has 1 aliphatic heterocycles. The van der Waals surface area contributed by atoms with Crippen molar-refractivity contribution in [2.75, 3.05) is 36.4 Å². The number of carbonyl (C=O) groups excluding carboxylic acids is 2. The molecule has 0 unspecified atom stereocenters. The van der Waals surface area contributed by atoms with Crippen LogP contribution in [0.4, 0.5) is 11.4 Å². The molecule has 7 heteroatoms. The molecule has 1 N–H and O–H groups in total. The largest absolute Gasteiger partial charge is 0.367 e. The van der Waals surface area contributed by atoms with Crippen LogP contribution in [0.1, 0.15) is 10.5 Å². The zero-order valence-electron chi connectivity index (χ0n) is 13.0. The van der Waals surface area contributed by atoms with Gasteiger partial charge in [0.25, 0.3) is 5.91 Å². The van der Waals surface area contributed by atoms with Crippen LogP contribution in [0.3, 0.4) is 0 Å². The average molecular weight is 389 g/mol. The first-order valence-electron chi connectivity index (χ1n) is 7.63. The van der Waals surface area contributed by atoms with Gasteiger partial charge in [0.2, 0.25) is 6.41 Å². The molecule has 1 fully saturated rings. The number of aromatic nitrogens is 1. The van der Waals surface area contributed by atoms with E-state index in [1.165, 1.54) is 0 Å². The van der Waals surface area contributed by atoms with Gasteiger partial charge in [-0.1, -0.05) is 22.0 Å². The smallest absolute Gasteiger partial charge is 0.274 e. The Hall–Kier alpha value is -2.41. The quantitative estimate of drug-likeness (QED) is 0.816. The third-order valence-corrected chi connectivity index (χ3v) is 4.38. The molecular formula is C17H17BrN4O2. The van der Waals surface area contributed by atoms with Gasteiger partial charge in [-0.3, -0.25) is 9.59 Å². The Labute approximate surface area is 148 Å². The van der Waals surface area contributed by atoms with Crippen molar-refractivity contribution < 1.29 is 9.59 Å². The maximum Gasteiger partial charge on any atom is 0.274 e. The zero-order chi connectivity index (χ0) is 16.9. The van der Waals surface area contributed by atoms with E-state index in [9.17, 15) is 9.59 Å². The summed E-state index contributed by atoms with van der Waals surface area (Å²) in [5.74, 6) is -0.245. The predicted molar refractivity (Wildman–Crippen MR) is 96.2 cm³/mol. The van der Waals surface area contributed by atoms with Crippen LogP contribution in [0.15, 0.2) is 47.1 Å². The molecule has 2 aromatic rings. The minimum absolute atomic E-state index is 0.245. The van der Waals surface area contributed by atoms with Gasteiger partial charge in [0.05, 0.1) is 11.9 Å². The van der Waals surface area contributed by atoms with Crippen LogP contribution in [0.5, 0.6) is 0 Å². The fourth-order valence-electron chi connectivity index (χ4n) is 2.55. The third-order valence-electron chi connectivity index (χ3n) is 3.89. The summed E-state index contributed by atoms with van der Waals surface area (Å²) < 4.78 is 0.901. The first kappa shape index (κ1) is 16.4. The highest BCUT2D eigenvalue weighted by Crippen LogP contribution is 2.18. The molecule has 6 nitrogen and oxygen atoms in total. The molecule has 1 aromatic carbocycles. The molecule has 124 valence electrons. The molecule has 2 heterocycles. The van der Waals surface area contributed by atoms with Crippen molar-refractivity contribution in [1.82, 2.24) is 9.88 Å². The lowest BCUT2D eigenvalue weighted by Crippen LogP contribution is -2.45. The van der Waals surface area contributed by atoms with E-state index in [4.69, 9.17) is 0 Å². The maximum atomic E-state index is 12.2. The van der Waals surface area contributed by atoms with Gasteiger partial charge < -0.3 is 15.1 Å². The molecule has 0 saturated carbocycles. The third kappa shape index (κ3) is 3.91. The summed E-state index contributed by atoms with van der Waals surface area (Å²) in [6.45, 7) is 2.94. The number of halogens is 1. The molecule has 0 bridgehead atoms. The number of rotatable bonds is 4. The van der Waals surface area contributed by atoms with Crippen molar-refractivity contribution in [2.24, 2.45) is 0 Å². The molecule has 0 aliphatic carbocycles. The molecule has 0 atom stereocenters. The Bertz CT molecular complexity index is 728. The molecule has 3 rings (SSSR count). The summed E-state index contributed by atoms with van der Waals surface area (Å²) in [7, 11) is 0. The van der Waals surface area contributed by atoms with Crippen LogP contribution >= 0.6 is 15.9 Å². The number of nitrogens with zero attached hydrogens (tertiary/aromatic N) is 3. The van der Waals surface area contributed by atoms with Crippen molar-refractivity contribution >= 4 is 39.6 Å². The lowest BCUT2D eigenvalue weighted by Gasteiger charge is -2.33. The average Bonchev–Trinajstić information content (AvgIpc) is 2.62. The van der Waals surface area contributed by atoms with E-state index in [1.807, 2.05) is 30.3 Å². The van der Waals surface area contributed by atoms with Crippen LogP contribution in [-0.4, -0.2) is 48.4 Å². The molecular weight excluding hydrogens is 372 g/mol. The van der Waals surface area contributed by atoms with E-state index in [2.05, 4.69) is 31.1 Å². The van der Waals surface area contributed by atoms with Crippen molar-refractivity contribution in [1.29, 1.82) is 0 Å². The standard InChI is InChI=1S/C17H17BrN4O2/c18-13-2-1-3-14(10-13)20-17(24)16-5-4-15(11-19-16)22-8-6-21(12-23)7-9-22/h1-5,10-12H,6-9H2,(H,20,24). The van der Waals surface area contributed by atoms with Gasteiger partial charge in [-0.25, -0.2) is 4.98 Å². The Morgan fingerprint density at radius 1 is 1.17 bits per heavy atom. The summed E-state index contributed by atoms with van der Waals surface area (Å²) in [5.41, 5.74) is 2.04. The highest BCUT2D eigenvalue weighted by atomic mass is 79.9. The van der Waals surface area contributed by atoms with Crippen LogP contribution in [0, 0.1) is 0 Å². The van der Waals surface area contributed by atoms with Gasteiger partial charge in [-0.05, 0) is 30.3 Å². The van der Waals surface area contributed by atoms with E-state index in [1.54, 1.807) is 17.2 Å². The molecule has 2 amide bonds. The highest BCUT2D eigenvalue weighted by molar-refractivity contribution is 9.10. The SMILES string of the molecule is O=CN1CCN(c2ccc(C(=O)Nc3cccc(Br)c3)nc2)CC1. The lowest BCUT2D eigenvalue weighted by atomic mass is 10.2. The highest BCUT2D eigenvalue weighted by Gasteiger charge is 2.16. The van der Waals surface area contributed by atoms with Crippen molar-refractivity contribution in [2.45, 2.75) is 0 Å². The fraction of sp³-hybridized carbons (Fsp3) is 0.235. The minimum atomic E-state index is -0.245. The normalized spacial score (nSPS) is 14.4. The van der Waals surface area contributed by atoms with Crippen LogP contribution in [0.2, 0.25) is 0 Å². The Balaban J connectivity index is 1.64. The van der Waals surface area contributed by atoms with Gasteiger partial charge in [0.1, 0.15) is 5.69 Å². The van der Waals surface area contributed by atoms with Crippen LogP contribution in [0.25, 0.3) is 0 Å². The summed E-state index contributed by atoms with van der Waals surface area (Å²) >= 11 is 3.37. The van der Waals surface area contributed by atoms with Crippen molar-refractivity contribution in [3.8, 4) is 0 Å². The van der Waals surface area contributed by atoms with Gasteiger partial charge in [-0.15, -0.1) is 0 Å². The van der Waals surface area contributed by atoms with Crippen molar-refractivity contribution in [3.05, 3.63) is 52.8 Å². The number of carbonyl (C=O) groups is 2. The first-order valence-corrected chi connectivity index (χ1v) is 8.42. The van der Waals surface area contributed by atoms with E-state index in [0.717, 1.165) is 29.7 Å².